The Kier molecular flexibility index (Phi) is 4.48. The minimum atomic E-state index is -0.153. The van der Waals surface area contributed by atoms with Gasteiger partial charge in [-0.2, -0.15) is 0 Å². The quantitative estimate of drug-likeness (QED) is 0.790. The van der Waals surface area contributed by atoms with E-state index in [4.69, 9.17) is 4.74 Å². The second-order valence-corrected chi connectivity index (χ2v) is 7.25. The summed E-state index contributed by atoms with van der Waals surface area (Å²) in [6.07, 6.45) is 5.25. The first-order chi connectivity index (χ1) is 12.2. The van der Waals surface area contributed by atoms with Gasteiger partial charge in [0.2, 0.25) is 5.91 Å². The van der Waals surface area contributed by atoms with Gasteiger partial charge in [0.25, 0.3) is 10.8 Å². The van der Waals surface area contributed by atoms with Crippen molar-refractivity contribution < 1.29 is 9.53 Å². The summed E-state index contributed by atoms with van der Waals surface area (Å²) in [5, 5.41) is 8.19. The summed E-state index contributed by atoms with van der Waals surface area (Å²) in [6.45, 7) is 1.27. The standard InChI is InChI=1S/C16H19N5O3S/c22-14-7-13(11-1-2-11)17-9-21(14)8-15(23)20-5-3-12(4-6-20)24-16-19-18-10-25-16/h7,9-12H,1-6,8H2. The van der Waals surface area contributed by atoms with Gasteiger partial charge in [0.05, 0.1) is 12.0 Å². The van der Waals surface area contributed by atoms with Crippen molar-refractivity contribution in [2.24, 2.45) is 0 Å². The molecule has 1 saturated heterocycles. The van der Waals surface area contributed by atoms with E-state index >= 15 is 0 Å². The molecule has 2 aromatic rings. The molecule has 0 spiro atoms. The van der Waals surface area contributed by atoms with Crippen molar-refractivity contribution in [1.82, 2.24) is 24.6 Å². The Labute approximate surface area is 148 Å². The molecular weight excluding hydrogens is 342 g/mol. The van der Waals surface area contributed by atoms with Crippen LogP contribution < -0.4 is 10.3 Å². The lowest BCUT2D eigenvalue weighted by atomic mass is 10.1. The van der Waals surface area contributed by atoms with Gasteiger partial charge < -0.3 is 9.64 Å². The lowest BCUT2D eigenvalue weighted by Crippen LogP contribution is -2.44. The molecule has 1 aliphatic carbocycles. The Hall–Kier alpha value is -2.29. The zero-order chi connectivity index (χ0) is 17.2. The third kappa shape index (κ3) is 3.87. The number of hydrogen-bond donors (Lipinski definition) is 0. The van der Waals surface area contributed by atoms with Gasteiger partial charge >= 0.3 is 0 Å². The van der Waals surface area contributed by atoms with Gasteiger partial charge in [-0.15, -0.1) is 10.2 Å². The number of carbonyl (C=O) groups is 1. The second-order valence-electron chi connectivity index (χ2n) is 6.46. The van der Waals surface area contributed by atoms with Gasteiger partial charge in [-0.25, -0.2) is 4.98 Å². The number of ether oxygens (including phenoxy) is 1. The molecule has 4 rings (SSSR count). The Morgan fingerprint density at radius 1 is 1.28 bits per heavy atom. The lowest BCUT2D eigenvalue weighted by molar-refractivity contribution is -0.133. The summed E-state index contributed by atoms with van der Waals surface area (Å²) in [5.41, 5.74) is 2.33. The Bertz CT molecular complexity index is 794. The number of piperidine rings is 1. The first kappa shape index (κ1) is 16.2. The second kappa shape index (κ2) is 6.91. The highest BCUT2D eigenvalue weighted by atomic mass is 32.1. The molecule has 132 valence electrons. The SMILES string of the molecule is O=C(Cn1cnc(C2CC2)cc1=O)N1CCC(Oc2nncs2)CC1. The number of amides is 1. The van der Waals surface area contributed by atoms with Gasteiger partial charge in [0.1, 0.15) is 18.2 Å². The van der Waals surface area contributed by atoms with Gasteiger partial charge in [-0.3, -0.25) is 14.2 Å². The van der Waals surface area contributed by atoms with Crippen LogP contribution in [0.4, 0.5) is 0 Å². The van der Waals surface area contributed by atoms with Crippen LogP contribution in [0.1, 0.15) is 37.3 Å². The molecule has 2 aromatic heterocycles. The number of hydrogen-bond acceptors (Lipinski definition) is 7. The predicted octanol–water partition coefficient (Wildman–Crippen LogP) is 1.04. The number of nitrogens with zero attached hydrogens (tertiary/aromatic N) is 5. The fraction of sp³-hybridized carbons (Fsp3) is 0.562. The normalized spacial score (nSPS) is 18.3. The van der Waals surface area contributed by atoms with Crippen molar-refractivity contribution in [3.63, 3.8) is 0 Å². The molecule has 1 aliphatic heterocycles. The molecular formula is C16H19N5O3S. The molecule has 0 bridgehead atoms. The predicted molar refractivity (Wildman–Crippen MR) is 90.6 cm³/mol. The molecule has 9 heteroatoms. The van der Waals surface area contributed by atoms with E-state index in [2.05, 4.69) is 15.2 Å². The van der Waals surface area contributed by atoms with Crippen molar-refractivity contribution in [2.45, 2.75) is 44.2 Å². The zero-order valence-corrected chi connectivity index (χ0v) is 14.5. The van der Waals surface area contributed by atoms with Crippen LogP contribution in [0.3, 0.4) is 0 Å². The summed E-state index contributed by atoms with van der Waals surface area (Å²) in [4.78, 5) is 30.7. The third-order valence-electron chi connectivity index (χ3n) is 4.60. The van der Waals surface area contributed by atoms with Crippen LogP contribution in [-0.4, -0.2) is 49.7 Å². The molecule has 0 N–H and O–H groups in total. The van der Waals surface area contributed by atoms with Crippen molar-refractivity contribution in [2.75, 3.05) is 13.1 Å². The first-order valence-corrected chi connectivity index (χ1v) is 9.34. The number of rotatable bonds is 5. The summed E-state index contributed by atoms with van der Waals surface area (Å²) >= 11 is 1.36. The number of aromatic nitrogens is 4. The summed E-state index contributed by atoms with van der Waals surface area (Å²) in [6, 6.07) is 1.56. The van der Waals surface area contributed by atoms with Crippen LogP contribution >= 0.6 is 11.3 Å². The maximum Gasteiger partial charge on any atom is 0.294 e. The van der Waals surface area contributed by atoms with Gasteiger partial charge in [0.15, 0.2) is 0 Å². The van der Waals surface area contributed by atoms with E-state index in [1.54, 1.807) is 16.5 Å². The van der Waals surface area contributed by atoms with Crippen molar-refractivity contribution in [1.29, 1.82) is 0 Å². The minimum absolute atomic E-state index is 0.0404. The van der Waals surface area contributed by atoms with Crippen LogP contribution in [0, 0.1) is 0 Å². The Morgan fingerprint density at radius 2 is 2.08 bits per heavy atom. The lowest BCUT2D eigenvalue weighted by Gasteiger charge is -2.31. The molecule has 2 fully saturated rings. The molecule has 0 unspecified atom stereocenters. The van der Waals surface area contributed by atoms with Crippen LogP contribution in [0.25, 0.3) is 0 Å². The maximum atomic E-state index is 12.5. The Morgan fingerprint density at radius 3 is 2.72 bits per heavy atom. The van der Waals surface area contributed by atoms with E-state index in [-0.39, 0.29) is 24.1 Å². The molecule has 1 amide bonds. The molecule has 3 heterocycles. The van der Waals surface area contributed by atoms with Gasteiger partial charge in [0, 0.05) is 37.9 Å². The molecule has 25 heavy (non-hydrogen) atoms. The van der Waals surface area contributed by atoms with E-state index in [0.29, 0.717) is 24.2 Å². The molecule has 2 aliphatic rings. The molecule has 0 aromatic carbocycles. The average Bonchev–Trinajstić information content (AvgIpc) is 3.35. The Balaban J connectivity index is 1.31. The van der Waals surface area contributed by atoms with E-state index in [1.807, 2.05) is 0 Å². The van der Waals surface area contributed by atoms with E-state index in [0.717, 1.165) is 31.4 Å². The molecule has 8 nitrogen and oxygen atoms in total. The highest BCUT2D eigenvalue weighted by Gasteiger charge is 2.27. The summed E-state index contributed by atoms with van der Waals surface area (Å²) in [7, 11) is 0. The van der Waals surface area contributed by atoms with Crippen LogP contribution in [0.5, 0.6) is 5.19 Å². The number of carbonyl (C=O) groups excluding carboxylic acids is 1. The fourth-order valence-corrected chi connectivity index (χ4v) is 3.46. The fourth-order valence-electron chi connectivity index (χ4n) is 2.99. The summed E-state index contributed by atoms with van der Waals surface area (Å²) < 4.78 is 7.13. The maximum absolute atomic E-state index is 12.5. The van der Waals surface area contributed by atoms with E-state index in [9.17, 15) is 9.59 Å². The monoisotopic (exact) mass is 361 g/mol. The smallest absolute Gasteiger partial charge is 0.294 e. The average molecular weight is 361 g/mol. The first-order valence-electron chi connectivity index (χ1n) is 8.46. The highest BCUT2D eigenvalue weighted by Crippen LogP contribution is 2.38. The van der Waals surface area contributed by atoms with Crippen LogP contribution in [-0.2, 0) is 11.3 Å². The highest BCUT2D eigenvalue weighted by molar-refractivity contribution is 7.11. The molecule has 0 radical (unpaired) electrons. The molecule has 0 atom stereocenters. The van der Waals surface area contributed by atoms with Crippen LogP contribution in [0.15, 0.2) is 22.7 Å². The third-order valence-corrected chi connectivity index (χ3v) is 5.18. The minimum Gasteiger partial charge on any atom is -0.465 e. The summed E-state index contributed by atoms with van der Waals surface area (Å²) in [5.74, 6) is 0.377. The van der Waals surface area contributed by atoms with Crippen LogP contribution in [0.2, 0.25) is 0 Å². The molecule has 1 saturated carbocycles. The van der Waals surface area contributed by atoms with Crippen molar-refractivity contribution >= 4 is 17.2 Å². The topological polar surface area (TPSA) is 90.2 Å². The van der Waals surface area contributed by atoms with E-state index < -0.39 is 0 Å². The largest absolute Gasteiger partial charge is 0.465 e. The van der Waals surface area contributed by atoms with E-state index in [1.165, 1.54) is 22.2 Å². The van der Waals surface area contributed by atoms with Gasteiger partial charge in [-0.05, 0) is 12.8 Å². The van der Waals surface area contributed by atoms with Crippen molar-refractivity contribution in [3.05, 3.63) is 34.0 Å². The zero-order valence-electron chi connectivity index (χ0n) is 13.7. The van der Waals surface area contributed by atoms with Crippen molar-refractivity contribution in [3.8, 4) is 5.19 Å². The number of likely N-dealkylation sites (tertiary alicyclic amines) is 1. The van der Waals surface area contributed by atoms with Gasteiger partial charge in [-0.1, -0.05) is 11.3 Å².